The van der Waals surface area contributed by atoms with Crippen molar-refractivity contribution in [3.05, 3.63) is 0 Å². The van der Waals surface area contributed by atoms with Gasteiger partial charge in [-0.15, -0.1) is 0 Å². The number of hydrogen-bond donors (Lipinski definition) is 1. The van der Waals surface area contributed by atoms with E-state index in [2.05, 4.69) is 4.99 Å². The van der Waals surface area contributed by atoms with E-state index in [-0.39, 0.29) is 5.44 Å². The first kappa shape index (κ1) is 8.98. The van der Waals surface area contributed by atoms with E-state index in [4.69, 9.17) is 5.11 Å². The van der Waals surface area contributed by atoms with Crippen LogP contribution in [0.4, 0.5) is 0 Å². The number of hydrogen-bond acceptors (Lipinski definition) is 3. The van der Waals surface area contributed by atoms with Gasteiger partial charge in [0.05, 0.1) is 5.04 Å². The van der Waals surface area contributed by atoms with Crippen molar-refractivity contribution in [2.24, 2.45) is 4.99 Å². The lowest BCUT2D eigenvalue weighted by atomic mass is 10.7. The van der Waals surface area contributed by atoms with Gasteiger partial charge in [0.15, 0.2) is 0 Å². The molecule has 1 N–H and O–H groups in total. The van der Waals surface area contributed by atoms with Crippen LogP contribution in [-0.4, -0.2) is 22.1 Å². The van der Waals surface area contributed by atoms with Gasteiger partial charge in [-0.1, -0.05) is 11.8 Å². The third-order valence-electron chi connectivity index (χ3n) is 0.722. The lowest BCUT2D eigenvalue weighted by Crippen LogP contribution is -1.97. The standard InChI is InChI=1S/C6H13NOS/c1-4-7-5(2)9-6(3)8/h6,8H,4H2,1-3H3/b7-5-. The molecular weight excluding hydrogens is 134 g/mol. The number of nitrogens with zero attached hydrogens (tertiary/aromatic N) is 1. The molecule has 0 saturated heterocycles. The Morgan fingerprint density at radius 2 is 2.33 bits per heavy atom. The molecule has 0 aromatic rings. The van der Waals surface area contributed by atoms with Crippen LogP contribution >= 0.6 is 11.8 Å². The van der Waals surface area contributed by atoms with Crippen LogP contribution in [0.25, 0.3) is 0 Å². The molecule has 0 bridgehead atoms. The van der Waals surface area contributed by atoms with Crippen molar-refractivity contribution in [2.75, 3.05) is 6.54 Å². The van der Waals surface area contributed by atoms with Crippen LogP contribution in [0.15, 0.2) is 4.99 Å². The molecule has 9 heavy (non-hydrogen) atoms. The average Bonchev–Trinajstić information content (AvgIpc) is 1.63. The van der Waals surface area contributed by atoms with Gasteiger partial charge in [-0.2, -0.15) is 0 Å². The van der Waals surface area contributed by atoms with E-state index in [0.717, 1.165) is 11.6 Å². The minimum Gasteiger partial charge on any atom is -0.382 e. The van der Waals surface area contributed by atoms with Gasteiger partial charge in [0.2, 0.25) is 0 Å². The topological polar surface area (TPSA) is 32.6 Å². The van der Waals surface area contributed by atoms with E-state index in [1.165, 1.54) is 11.8 Å². The van der Waals surface area contributed by atoms with E-state index >= 15 is 0 Å². The van der Waals surface area contributed by atoms with Crippen molar-refractivity contribution in [1.82, 2.24) is 0 Å². The predicted molar refractivity (Wildman–Crippen MR) is 42.9 cm³/mol. The lowest BCUT2D eigenvalue weighted by Gasteiger charge is -2.00. The summed E-state index contributed by atoms with van der Waals surface area (Å²) in [6.45, 7) is 6.41. The van der Waals surface area contributed by atoms with Gasteiger partial charge >= 0.3 is 0 Å². The number of aliphatic imine (C=N–C) groups is 1. The molecule has 0 fully saturated rings. The Bertz CT molecular complexity index is 101. The van der Waals surface area contributed by atoms with Gasteiger partial charge in [0.1, 0.15) is 5.44 Å². The summed E-state index contributed by atoms with van der Waals surface area (Å²) in [5.41, 5.74) is -0.333. The normalized spacial score (nSPS) is 15.8. The molecule has 2 nitrogen and oxygen atoms in total. The summed E-state index contributed by atoms with van der Waals surface area (Å²) < 4.78 is 0. The molecule has 54 valence electrons. The minimum atomic E-state index is -0.333. The van der Waals surface area contributed by atoms with Gasteiger partial charge < -0.3 is 5.11 Å². The molecule has 0 heterocycles. The molecule has 0 aromatic heterocycles. The van der Waals surface area contributed by atoms with Crippen LogP contribution in [0.5, 0.6) is 0 Å². The van der Waals surface area contributed by atoms with Crippen LogP contribution in [0, 0.1) is 0 Å². The highest BCUT2D eigenvalue weighted by Crippen LogP contribution is 2.08. The van der Waals surface area contributed by atoms with Crippen LogP contribution in [-0.2, 0) is 0 Å². The Balaban J connectivity index is 3.49. The summed E-state index contributed by atoms with van der Waals surface area (Å²) in [7, 11) is 0. The summed E-state index contributed by atoms with van der Waals surface area (Å²) in [6, 6.07) is 0. The maximum Gasteiger partial charge on any atom is 0.102 e. The Morgan fingerprint density at radius 1 is 1.78 bits per heavy atom. The van der Waals surface area contributed by atoms with Crippen molar-refractivity contribution in [3.63, 3.8) is 0 Å². The van der Waals surface area contributed by atoms with E-state index in [9.17, 15) is 0 Å². The summed E-state index contributed by atoms with van der Waals surface area (Å²) in [6.07, 6.45) is 0. The number of aliphatic hydroxyl groups is 1. The molecular formula is C6H13NOS. The summed E-state index contributed by atoms with van der Waals surface area (Å²) in [5, 5.41) is 9.78. The van der Waals surface area contributed by atoms with Crippen molar-refractivity contribution in [2.45, 2.75) is 26.2 Å². The van der Waals surface area contributed by atoms with Crippen LogP contribution in [0.1, 0.15) is 20.8 Å². The molecule has 0 aliphatic carbocycles. The highest BCUT2D eigenvalue weighted by Gasteiger charge is 1.96. The van der Waals surface area contributed by atoms with E-state index in [1.807, 2.05) is 13.8 Å². The molecule has 0 radical (unpaired) electrons. The van der Waals surface area contributed by atoms with Crippen molar-refractivity contribution in [3.8, 4) is 0 Å². The van der Waals surface area contributed by atoms with E-state index in [1.54, 1.807) is 6.92 Å². The highest BCUT2D eigenvalue weighted by atomic mass is 32.2. The average molecular weight is 147 g/mol. The molecule has 0 rings (SSSR count). The smallest absolute Gasteiger partial charge is 0.102 e. The van der Waals surface area contributed by atoms with Crippen molar-refractivity contribution < 1.29 is 5.11 Å². The van der Waals surface area contributed by atoms with Gasteiger partial charge in [-0.05, 0) is 20.8 Å². The lowest BCUT2D eigenvalue weighted by molar-refractivity contribution is 0.285. The maximum atomic E-state index is 8.83. The second kappa shape index (κ2) is 4.82. The highest BCUT2D eigenvalue weighted by molar-refractivity contribution is 8.14. The Labute approximate surface area is 60.4 Å². The maximum absolute atomic E-state index is 8.83. The number of thioether (sulfide) groups is 1. The number of aliphatic hydroxyl groups excluding tert-OH is 1. The Morgan fingerprint density at radius 3 is 2.67 bits per heavy atom. The summed E-state index contributed by atoms with van der Waals surface area (Å²) in [4.78, 5) is 4.08. The molecule has 0 saturated carbocycles. The van der Waals surface area contributed by atoms with Crippen LogP contribution < -0.4 is 0 Å². The SMILES string of the molecule is CC/N=C(/C)SC(C)O. The van der Waals surface area contributed by atoms with Gasteiger partial charge in [0.25, 0.3) is 0 Å². The molecule has 1 unspecified atom stereocenters. The van der Waals surface area contributed by atoms with Crippen LogP contribution in [0.3, 0.4) is 0 Å². The van der Waals surface area contributed by atoms with E-state index < -0.39 is 0 Å². The largest absolute Gasteiger partial charge is 0.382 e. The first-order chi connectivity index (χ1) is 4.16. The molecule has 3 heteroatoms. The van der Waals surface area contributed by atoms with Gasteiger partial charge in [0, 0.05) is 6.54 Å². The Hall–Kier alpha value is -0.0200. The fourth-order valence-electron chi connectivity index (χ4n) is 0.507. The molecule has 0 aromatic carbocycles. The molecule has 1 atom stereocenters. The first-order valence-electron chi connectivity index (χ1n) is 3.02. The minimum absolute atomic E-state index is 0.333. The predicted octanol–water partition coefficient (Wildman–Crippen LogP) is 1.50. The zero-order valence-corrected chi connectivity index (χ0v) is 6.90. The quantitative estimate of drug-likeness (QED) is 0.365. The second-order valence-corrected chi connectivity index (χ2v) is 3.22. The van der Waals surface area contributed by atoms with Gasteiger partial charge in [-0.3, -0.25) is 4.99 Å². The summed E-state index contributed by atoms with van der Waals surface area (Å²) in [5.74, 6) is 0. The third-order valence-corrected chi connectivity index (χ3v) is 1.53. The van der Waals surface area contributed by atoms with Gasteiger partial charge in [-0.25, -0.2) is 0 Å². The monoisotopic (exact) mass is 147 g/mol. The zero-order valence-electron chi connectivity index (χ0n) is 6.09. The van der Waals surface area contributed by atoms with Crippen LogP contribution in [0.2, 0.25) is 0 Å². The first-order valence-corrected chi connectivity index (χ1v) is 3.90. The fourth-order valence-corrected chi connectivity index (χ4v) is 1.20. The Kier molecular flexibility index (Phi) is 4.81. The number of rotatable bonds is 2. The second-order valence-electron chi connectivity index (χ2n) is 1.71. The van der Waals surface area contributed by atoms with Crippen molar-refractivity contribution in [1.29, 1.82) is 0 Å². The molecule has 0 spiro atoms. The molecule has 0 amide bonds. The van der Waals surface area contributed by atoms with Crippen molar-refractivity contribution >= 4 is 16.8 Å². The summed E-state index contributed by atoms with van der Waals surface area (Å²) >= 11 is 1.38. The zero-order chi connectivity index (χ0) is 7.28. The molecule has 0 aliphatic heterocycles. The fraction of sp³-hybridized carbons (Fsp3) is 0.833. The van der Waals surface area contributed by atoms with E-state index in [0.29, 0.717) is 0 Å². The molecule has 0 aliphatic rings. The third kappa shape index (κ3) is 5.86.